The zero-order valence-corrected chi connectivity index (χ0v) is 7.48. The van der Waals surface area contributed by atoms with E-state index in [0.29, 0.717) is 11.3 Å². The molecule has 0 fully saturated rings. The van der Waals surface area contributed by atoms with Crippen molar-refractivity contribution in [1.82, 2.24) is 0 Å². The number of rotatable bonds is 1. The summed E-state index contributed by atoms with van der Waals surface area (Å²) >= 11 is 3.20. The molecule has 0 aliphatic heterocycles. The molecule has 0 amide bonds. The summed E-state index contributed by atoms with van der Waals surface area (Å²) in [5, 5.41) is 12.0. The predicted molar refractivity (Wildman–Crippen MR) is 47.7 cm³/mol. The molecular formula is C7H3BrN4. The van der Waals surface area contributed by atoms with Gasteiger partial charge in [0.1, 0.15) is 0 Å². The van der Waals surface area contributed by atoms with Crippen LogP contribution in [0.15, 0.2) is 27.8 Å². The second kappa shape index (κ2) is 3.77. The van der Waals surface area contributed by atoms with Crippen LogP contribution in [0.25, 0.3) is 10.4 Å². The van der Waals surface area contributed by atoms with E-state index in [1.54, 1.807) is 18.2 Å². The van der Waals surface area contributed by atoms with Crippen molar-refractivity contribution in [3.63, 3.8) is 0 Å². The molecule has 0 N–H and O–H groups in total. The standard InChI is InChI=1S/C7H3BrN4/c8-6-2-1-5(4-9)7(3-6)11-12-10/h1-3H. The Labute approximate surface area is 77.2 Å². The first kappa shape index (κ1) is 8.60. The lowest BCUT2D eigenvalue weighted by Crippen LogP contribution is -1.74. The number of azide groups is 1. The third-order valence-electron chi connectivity index (χ3n) is 1.23. The molecule has 12 heavy (non-hydrogen) atoms. The van der Waals surface area contributed by atoms with Gasteiger partial charge in [0.05, 0.1) is 17.3 Å². The third-order valence-corrected chi connectivity index (χ3v) is 1.73. The number of halogens is 1. The van der Waals surface area contributed by atoms with Crippen LogP contribution < -0.4 is 0 Å². The van der Waals surface area contributed by atoms with Crippen molar-refractivity contribution in [3.8, 4) is 6.07 Å². The van der Waals surface area contributed by atoms with Crippen LogP contribution in [0.3, 0.4) is 0 Å². The predicted octanol–water partition coefficient (Wildman–Crippen LogP) is 3.26. The summed E-state index contributed by atoms with van der Waals surface area (Å²) in [6.45, 7) is 0. The number of hydrogen-bond donors (Lipinski definition) is 0. The number of benzene rings is 1. The highest BCUT2D eigenvalue weighted by atomic mass is 79.9. The maximum atomic E-state index is 8.59. The molecule has 1 rings (SSSR count). The third kappa shape index (κ3) is 1.76. The van der Waals surface area contributed by atoms with Crippen molar-refractivity contribution in [2.24, 2.45) is 5.11 Å². The van der Waals surface area contributed by atoms with E-state index in [0.717, 1.165) is 4.47 Å². The number of hydrogen-bond acceptors (Lipinski definition) is 2. The monoisotopic (exact) mass is 222 g/mol. The van der Waals surface area contributed by atoms with Crippen LogP contribution in [0.4, 0.5) is 5.69 Å². The van der Waals surface area contributed by atoms with E-state index in [1.165, 1.54) is 0 Å². The molecule has 0 aliphatic rings. The van der Waals surface area contributed by atoms with Gasteiger partial charge < -0.3 is 0 Å². The van der Waals surface area contributed by atoms with E-state index in [1.807, 2.05) is 6.07 Å². The molecule has 0 aliphatic carbocycles. The lowest BCUT2D eigenvalue weighted by Gasteiger charge is -1.95. The van der Waals surface area contributed by atoms with Gasteiger partial charge in [0.25, 0.3) is 0 Å². The van der Waals surface area contributed by atoms with Crippen LogP contribution >= 0.6 is 15.9 Å². The molecule has 5 heteroatoms. The second-order valence-electron chi connectivity index (χ2n) is 1.96. The Balaban J connectivity index is 3.33. The van der Waals surface area contributed by atoms with E-state index in [2.05, 4.69) is 26.0 Å². The summed E-state index contributed by atoms with van der Waals surface area (Å²) in [6, 6.07) is 6.83. The summed E-state index contributed by atoms with van der Waals surface area (Å²) in [7, 11) is 0. The average molecular weight is 223 g/mol. The highest BCUT2D eigenvalue weighted by molar-refractivity contribution is 9.10. The van der Waals surface area contributed by atoms with Crippen LogP contribution in [0.5, 0.6) is 0 Å². The highest BCUT2D eigenvalue weighted by Gasteiger charge is 1.98. The van der Waals surface area contributed by atoms with Gasteiger partial charge in [-0.05, 0) is 23.7 Å². The SMILES string of the molecule is N#Cc1ccc(Br)cc1N=[N+]=[N-]. The summed E-state index contributed by atoms with van der Waals surface area (Å²) in [5.41, 5.74) is 8.88. The summed E-state index contributed by atoms with van der Waals surface area (Å²) < 4.78 is 0.781. The molecule has 0 atom stereocenters. The maximum Gasteiger partial charge on any atom is 0.0996 e. The fourth-order valence-corrected chi connectivity index (χ4v) is 1.08. The Morgan fingerprint density at radius 2 is 2.33 bits per heavy atom. The molecule has 4 nitrogen and oxygen atoms in total. The molecule has 0 heterocycles. The molecule has 1 aromatic carbocycles. The van der Waals surface area contributed by atoms with E-state index >= 15 is 0 Å². The van der Waals surface area contributed by atoms with Gasteiger partial charge in [0.2, 0.25) is 0 Å². The van der Waals surface area contributed by atoms with Gasteiger partial charge in [-0.25, -0.2) is 0 Å². The largest absolute Gasteiger partial charge is 0.192 e. The molecule has 0 bridgehead atoms. The maximum absolute atomic E-state index is 8.59. The summed E-state index contributed by atoms with van der Waals surface area (Å²) in [5.74, 6) is 0. The quantitative estimate of drug-likeness (QED) is 0.409. The molecular weight excluding hydrogens is 220 g/mol. The van der Waals surface area contributed by atoms with Crippen LogP contribution in [-0.2, 0) is 0 Å². The Bertz CT molecular complexity index is 387. The smallest absolute Gasteiger partial charge is 0.0996 e. The van der Waals surface area contributed by atoms with Gasteiger partial charge in [-0.2, -0.15) is 5.26 Å². The van der Waals surface area contributed by atoms with Gasteiger partial charge >= 0.3 is 0 Å². The van der Waals surface area contributed by atoms with Gasteiger partial charge in [0, 0.05) is 9.38 Å². The molecule has 0 saturated carbocycles. The van der Waals surface area contributed by atoms with Crippen LogP contribution in [0.2, 0.25) is 0 Å². The lowest BCUT2D eigenvalue weighted by molar-refractivity contribution is 1.41. The van der Waals surface area contributed by atoms with Gasteiger partial charge in [0.15, 0.2) is 0 Å². The lowest BCUT2D eigenvalue weighted by atomic mass is 10.2. The molecule has 0 spiro atoms. The van der Waals surface area contributed by atoms with E-state index in [-0.39, 0.29) is 0 Å². The van der Waals surface area contributed by atoms with Crippen molar-refractivity contribution < 1.29 is 0 Å². The minimum atomic E-state index is 0.342. The second-order valence-corrected chi connectivity index (χ2v) is 2.88. The fourth-order valence-electron chi connectivity index (χ4n) is 0.730. The molecule has 58 valence electrons. The first-order valence-electron chi connectivity index (χ1n) is 3.02. The summed E-state index contributed by atoms with van der Waals surface area (Å²) in [6.07, 6.45) is 0. The highest BCUT2D eigenvalue weighted by Crippen LogP contribution is 2.23. The molecule has 0 saturated heterocycles. The minimum absolute atomic E-state index is 0.342. The first-order valence-corrected chi connectivity index (χ1v) is 3.82. The topological polar surface area (TPSA) is 72.5 Å². The molecule has 0 radical (unpaired) electrons. The fraction of sp³-hybridized carbons (Fsp3) is 0. The normalized spacial score (nSPS) is 8.33. The Kier molecular flexibility index (Phi) is 2.70. The van der Waals surface area contributed by atoms with E-state index in [9.17, 15) is 0 Å². The van der Waals surface area contributed by atoms with Crippen LogP contribution in [0, 0.1) is 11.3 Å². The Morgan fingerprint density at radius 3 is 2.92 bits per heavy atom. The van der Waals surface area contributed by atoms with Crippen LogP contribution in [0.1, 0.15) is 5.56 Å². The molecule has 0 unspecified atom stereocenters. The van der Waals surface area contributed by atoms with Gasteiger partial charge in [-0.3, -0.25) is 0 Å². The number of nitriles is 1. The zero-order chi connectivity index (χ0) is 8.97. The average Bonchev–Trinajstić information content (AvgIpc) is 2.05. The molecule has 0 aromatic heterocycles. The summed E-state index contributed by atoms with van der Waals surface area (Å²) in [4.78, 5) is 2.61. The Hall–Kier alpha value is -1.50. The zero-order valence-electron chi connectivity index (χ0n) is 5.90. The van der Waals surface area contributed by atoms with E-state index < -0.39 is 0 Å². The molecule has 1 aromatic rings. The van der Waals surface area contributed by atoms with Crippen LogP contribution in [-0.4, -0.2) is 0 Å². The van der Waals surface area contributed by atoms with E-state index in [4.69, 9.17) is 10.8 Å². The van der Waals surface area contributed by atoms with Crippen molar-refractivity contribution in [2.75, 3.05) is 0 Å². The first-order chi connectivity index (χ1) is 5.77. The van der Waals surface area contributed by atoms with Gasteiger partial charge in [-0.1, -0.05) is 21.0 Å². The van der Waals surface area contributed by atoms with Gasteiger partial charge in [-0.15, -0.1) is 0 Å². The van der Waals surface area contributed by atoms with Crippen molar-refractivity contribution >= 4 is 21.6 Å². The van der Waals surface area contributed by atoms with Crippen molar-refractivity contribution in [1.29, 1.82) is 5.26 Å². The number of nitrogens with zero attached hydrogens (tertiary/aromatic N) is 4. The van der Waals surface area contributed by atoms with Crippen molar-refractivity contribution in [3.05, 3.63) is 38.7 Å². The minimum Gasteiger partial charge on any atom is -0.192 e. The van der Waals surface area contributed by atoms with Crippen molar-refractivity contribution in [2.45, 2.75) is 0 Å². The Morgan fingerprint density at radius 1 is 1.58 bits per heavy atom.